The molecule has 2 aliphatic rings. The van der Waals surface area contributed by atoms with Gasteiger partial charge in [0.25, 0.3) is 5.56 Å². The Morgan fingerprint density at radius 2 is 1.98 bits per heavy atom. The van der Waals surface area contributed by atoms with E-state index in [1.54, 1.807) is 38.5 Å². The summed E-state index contributed by atoms with van der Waals surface area (Å²) in [6.07, 6.45) is 9.14. The lowest BCUT2D eigenvalue weighted by Crippen LogP contribution is -2.48. The summed E-state index contributed by atoms with van der Waals surface area (Å²) in [5.74, 6) is -0.916. The Bertz CT molecular complexity index is 1960. The number of rotatable bonds is 8. The van der Waals surface area contributed by atoms with Crippen molar-refractivity contribution in [3.05, 3.63) is 97.9 Å². The standard InChI is InChI=1S/C31H32F3N7O2S.C2H6/c1-17-8-9-21(27(14-32)39-26-7-5-6-25(34)29(26)44(35)43)22-13-28(40(4)31(42)23(22)12-17)20-10-11-36-30(37-15-20)24-16-38-41(18(24)2)19(3)33;1-2/h5-8,10-13,15-16,19-20,27,39H,9,14,35H2,1-4H3;1-2H3/t19?,20?,27-,44?;/m1./s1. The minimum atomic E-state index is -2.16. The predicted octanol–water partition coefficient (Wildman–Crippen LogP) is 4.38. The van der Waals surface area contributed by atoms with Gasteiger partial charge in [0.1, 0.15) is 28.4 Å². The van der Waals surface area contributed by atoms with Gasteiger partial charge in [-0.3, -0.25) is 4.79 Å². The van der Waals surface area contributed by atoms with E-state index in [-0.39, 0.29) is 16.1 Å². The van der Waals surface area contributed by atoms with Crippen LogP contribution < -0.4 is 26.5 Å². The van der Waals surface area contributed by atoms with Gasteiger partial charge in [-0.15, -0.1) is 0 Å². The van der Waals surface area contributed by atoms with E-state index in [0.717, 1.165) is 11.6 Å². The van der Waals surface area contributed by atoms with Crippen molar-refractivity contribution >= 4 is 40.4 Å². The Balaban J connectivity index is 0.00000235. The molecule has 3 aromatic rings. The van der Waals surface area contributed by atoms with E-state index in [0.29, 0.717) is 45.2 Å². The fraction of sp³-hybridized carbons (Fsp3) is 0.333. The predicted molar refractivity (Wildman–Crippen MR) is 179 cm³/mol. The highest BCUT2D eigenvalue weighted by Crippen LogP contribution is 2.26. The van der Waals surface area contributed by atoms with Gasteiger partial charge in [-0.1, -0.05) is 37.6 Å². The summed E-state index contributed by atoms with van der Waals surface area (Å²) < 4.78 is 58.1. The molecule has 2 aromatic heterocycles. The van der Waals surface area contributed by atoms with Crippen LogP contribution >= 0.6 is 0 Å². The van der Waals surface area contributed by atoms with Crippen LogP contribution in [-0.4, -0.2) is 43.3 Å². The van der Waals surface area contributed by atoms with Crippen LogP contribution in [0.4, 0.5) is 18.9 Å². The second kappa shape index (κ2) is 14.8. The monoisotopic (exact) mass is 653 g/mol. The molecule has 0 spiro atoms. The number of nitrogens with one attached hydrogen (secondary N) is 1. The van der Waals surface area contributed by atoms with Gasteiger partial charge in [0, 0.05) is 36.1 Å². The summed E-state index contributed by atoms with van der Waals surface area (Å²) in [6, 6.07) is 4.87. The number of aromatic nitrogens is 3. The number of pyridine rings is 1. The topological polar surface area (TPSA) is 120 Å². The van der Waals surface area contributed by atoms with Gasteiger partial charge in [0.05, 0.1) is 29.4 Å². The van der Waals surface area contributed by atoms with Gasteiger partial charge in [-0.05, 0) is 62.3 Å². The number of benzene rings is 1. The van der Waals surface area contributed by atoms with Crippen LogP contribution in [0.5, 0.6) is 0 Å². The van der Waals surface area contributed by atoms with E-state index >= 15 is 0 Å². The summed E-state index contributed by atoms with van der Waals surface area (Å²) in [6.45, 7) is 8.07. The van der Waals surface area contributed by atoms with Gasteiger partial charge in [0.2, 0.25) is 0 Å². The molecule has 3 N–H and O–H groups in total. The second-order valence-corrected chi connectivity index (χ2v) is 11.6. The second-order valence-electron chi connectivity index (χ2n) is 10.6. The molecule has 1 aliphatic heterocycles. The van der Waals surface area contributed by atoms with Crippen molar-refractivity contribution in [3.63, 3.8) is 0 Å². The van der Waals surface area contributed by atoms with Crippen LogP contribution in [-0.2, 0) is 18.0 Å². The van der Waals surface area contributed by atoms with Crippen LogP contribution in [0.15, 0.2) is 74.1 Å². The number of allylic oxidation sites excluding steroid dienone is 3. The minimum Gasteiger partial charge on any atom is -0.375 e. The average molecular weight is 654 g/mol. The van der Waals surface area contributed by atoms with Gasteiger partial charge >= 0.3 is 0 Å². The molecular formula is C33H38F3N7O2S. The third-order valence-electron chi connectivity index (χ3n) is 7.75. The zero-order chi connectivity index (χ0) is 33.7. The summed E-state index contributed by atoms with van der Waals surface area (Å²) in [5.41, 5.74) is 2.91. The Kier molecular flexibility index (Phi) is 11.1. The van der Waals surface area contributed by atoms with Gasteiger partial charge in [-0.2, -0.15) is 5.10 Å². The highest BCUT2D eigenvalue weighted by molar-refractivity contribution is 7.82. The van der Waals surface area contributed by atoms with Crippen LogP contribution in [0, 0.1) is 12.7 Å². The van der Waals surface area contributed by atoms with E-state index in [1.165, 1.54) is 34.5 Å². The first-order valence-electron chi connectivity index (χ1n) is 14.9. The number of amidine groups is 1. The molecule has 244 valence electrons. The molecule has 9 nitrogen and oxygen atoms in total. The number of hydrogen-bond acceptors (Lipinski definition) is 6. The summed E-state index contributed by atoms with van der Waals surface area (Å²) >= 11 is 0. The van der Waals surface area contributed by atoms with Crippen molar-refractivity contribution in [3.8, 4) is 0 Å². The molecule has 0 fully saturated rings. The molecule has 0 saturated heterocycles. The van der Waals surface area contributed by atoms with E-state index in [4.69, 9.17) is 5.14 Å². The van der Waals surface area contributed by atoms with Gasteiger partial charge in [-0.25, -0.2) is 37.2 Å². The third-order valence-corrected chi connectivity index (χ3v) is 8.57. The number of halogens is 3. The first kappa shape index (κ1) is 34.5. The third kappa shape index (κ3) is 6.90. The van der Waals surface area contributed by atoms with Gasteiger partial charge in [0.15, 0.2) is 12.1 Å². The van der Waals surface area contributed by atoms with E-state index in [2.05, 4.69) is 20.4 Å². The number of aliphatic imine (C=N–C) groups is 2. The van der Waals surface area contributed by atoms with Crippen LogP contribution in [0.3, 0.4) is 0 Å². The molecule has 0 radical (unpaired) electrons. The summed E-state index contributed by atoms with van der Waals surface area (Å²) in [7, 11) is -0.508. The smallest absolute Gasteiger partial charge is 0.258 e. The van der Waals surface area contributed by atoms with Gasteiger partial charge < -0.3 is 9.88 Å². The zero-order valence-corrected chi connectivity index (χ0v) is 27.4. The highest BCUT2D eigenvalue weighted by atomic mass is 32.2. The maximum absolute atomic E-state index is 14.8. The lowest BCUT2D eigenvalue weighted by molar-refractivity contribution is 0.241. The Labute approximate surface area is 268 Å². The van der Waals surface area contributed by atoms with E-state index in [1.807, 2.05) is 32.9 Å². The summed E-state index contributed by atoms with van der Waals surface area (Å²) in [5, 5.41) is 13.5. The maximum atomic E-state index is 14.8. The number of anilines is 1. The molecule has 1 aromatic carbocycles. The van der Waals surface area contributed by atoms with Crippen molar-refractivity contribution in [1.82, 2.24) is 14.3 Å². The largest absolute Gasteiger partial charge is 0.375 e. The Morgan fingerprint density at radius 1 is 1.24 bits per heavy atom. The lowest BCUT2D eigenvalue weighted by Gasteiger charge is -2.22. The average Bonchev–Trinajstić information content (AvgIpc) is 3.16. The Hall–Kier alpha value is -4.36. The van der Waals surface area contributed by atoms with Crippen LogP contribution in [0.2, 0.25) is 0 Å². The van der Waals surface area contributed by atoms with Crippen LogP contribution in [0.25, 0.3) is 11.6 Å². The van der Waals surface area contributed by atoms with Crippen molar-refractivity contribution in [2.75, 3.05) is 12.0 Å². The lowest BCUT2D eigenvalue weighted by atomic mass is 9.98. The van der Waals surface area contributed by atoms with E-state index < -0.39 is 41.7 Å². The molecule has 3 heterocycles. The number of fused-ring (bicyclic) bond motifs is 1. The minimum absolute atomic E-state index is 0.102. The molecule has 0 bridgehead atoms. The van der Waals surface area contributed by atoms with Crippen LogP contribution in [0.1, 0.15) is 63.3 Å². The molecule has 13 heteroatoms. The highest BCUT2D eigenvalue weighted by Gasteiger charge is 2.23. The van der Waals surface area contributed by atoms with Crippen molar-refractivity contribution in [2.45, 2.75) is 64.2 Å². The van der Waals surface area contributed by atoms with E-state index in [9.17, 15) is 22.2 Å². The zero-order valence-electron chi connectivity index (χ0n) is 26.6. The van der Waals surface area contributed by atoms with Crippen molar-refractivity contribution < 1.29 is 17.4 Å². The molecule has 5 rings (SSSR count). The summed E-state index contributed by atoms with van der Waals surface area (Å²) in [4.78, 5) is 22.5. The fourth-order valence-electron chi connectivity index (χ4n) is 5.45. The Morgan fingerprint density at radius 3 is 2.63 bits per heavy atom. The molecular weight excluding hydrogens is 615 g/mol. The molecule has 4 atom stereocenters. The maximum Gasteiger partial charge on any atom is 0.258 e. The van der Waals surface area contributed by atoms with Crippen molar-refractivity contribution in [2.24, 2.45) is 22.2 Å². The number of alkyl halides is 2. The molecule has 0 saturated carbocycles. The number of nitrogens with two attached hydrogens (primary N) is 1. The molecule has 46 heavy (non-hydrogen) atoms. The number of nitrogens with zero attached hydrogens (tertiary/aromatic N) is 5. The molecule has 3 unspecified atom stereocenters. The first-order valence-corrected chi connectivity index (χ1v) is 16.1. The molecule has 1 aliphatic carbocycles. The fourth-order valence-corrected chi connectivity index (χ4v) is 6.05. The molecule has 0 amide bonds. The first-order chi connectivity index (χ1) is 22.0. The SMILES string of the molecule is CC.CC1=CCC([C@@H](CF)Nc2cccc(F)c2S(N)=O)=c2cc(C3C=CN=C(c4cnn(C(C)F)c4C)N=C3)n(C)c(=O)c2=C1. The number of hydrogen-bond donors (Lipinski definition) is 2. The quantitative estimate of drug-likeness (QED) is 0.375. The van der Waals surface area contributed by atoms with Crippen molar-refractivity contribution in [1.29, 1.82) is 0 Å². The normalized spacial score (nSPS) is 17.7.